The molecular weight excluding hydrogens is 273 g/mol. The molecule has 0 heterocycles. The Bertz CT molecular complexity index is 547. The Morgan fingerprint density at radius 1 is 1.10 bits per heavy atom. The van der Waals surface area contributed by atoms with Gasteiger partial charge in [0.2, 0.25) is 0 Å². The first-order valence-corrected chi connectivity index (χ1v) is 5.95. The maximum absolute atomic E-state index is 13.5. The van der Waals surface area contributed by atoms with Gasteiger partial charge in [-0.15, -0.1) is 0 Å². The monoisotopic (exact) mass is 288 g/mol. The third-order valence-electron chi connectivity index (χ3n) is 2.45. The van der Waals surface area contributed by atoms with Crippen LogP contribution in [0.25, 0.3) is 0 Å². The number of ketones is 1. The van der Waals surface area contributed by atoms with Crippen molar-refractivity contribution in [2.24, 2.45) is 5.92 Å². The summed E-state index contributed by atoms with van der Waals surface area (Å²) in [7, 11) is 0. The molecule has 0 saturated heterocycles. The minimum Gasteiger partial charge on any atom is -0.459 e. The lowest BCUT2D eigenvalue weighted by Gasteiger charge is -2.21. The largest absolute Gasteiger partial charge is 0.459 e. The Morgan fingerprint density at radius 3 is 2.15 bits per heavy atom. The summed E-state index contributed by atoms with van der Waals surface area (Å²) in [6.07, 6.45) is 0. The number of carbonyl (C=O) groups is 2. The van der Waals surface area contributed by atoms with Gasteiger partial charge in [-0.3, -0.25) is 9.59 Å². The Labute approximate surface area is 114 Å². The fourth-order valence-electron chi connectivity index (χ4n) is 1.45. The second-order valence-electron chi connectivity index (χ2n) is 5.34. The summed E-state index contributed by atoms with van der Waals surface area (Å²) in [5.74, 6) is -7.88. The van der Waals surface area contributed by atoms with Crippen LogP contribution in [0.4, 0.5) is 13.2 Å². The maximum Gasteiger partial charge on any atom is 0.317 e. The van der Waals surface area contributed by atoms with Crippen LogP contribution in [0.1, 0.15) is 38.1 Å². The third-order valence-corrected chi connectivity index (χ3v) is 2.45. The molecule has 110 valence electrons. The zero-order valence-corrected chi connectivity index (χ0v) is 11.6. The quantitative estimate of drug-likeness (QED) is 0.371. The molecule has 20 heavy (non-hydrogen) atoms. The molecule has 0 aliphatic rings. The van der Waals surface area contributed by atoms with E-state index in [0.717, 1.165) is 6.07 Å². The Kier molecular flexibility index (Phi) is 4.57. The summed E-state index contributed by atoms with van der Waals surface area (Å²) in [5.41, 5.74) is -1.49. The Balaban J connectivity index is 3.01. The number of hydrogen-bond acceptors (Lipinski definition) is 3. The first-order valence-electron chi connectivity index (χ1n) is 5.95. The van der Waals surface area contributed by atoms with Gasteiger partial charge < -0.3 is 4.74 Å². The lowest BCUT2D eigenvalue weighted by Crippen LogP contribution is -2.31. The molecule has 0 amide bonds. The van der Waals surface area contributed by atoms with Gasteiger partial charge in [-0.25, -0.2) is 13.2 Å². The number of benzene rings is 1. The minimum absolute atomic E-state index is 0.632. The zero-order valence-electron chi connectivity index (χ0n) is 11.6. The molecular formula is C14H15F3O3. The van der Waals surface area contributed by atoms with E-state index in [1.165, 1.54) is 6.92 Å². The second-order valence-corrected chi connectivity index (χ2v) is 5.34. The predicted molar refractivity (Wildman–Crippen MR) is 65.7 cm³/mol. The van der Waals surface area contributed by atoms with E-state index in [1.807, 2.05) is 0 Å². The van der Waals surface area contributed by atoms with Gasteiger partial charge in [0, 0.05) is 0 Å². The van der Waals surface area contributed by atoms with Gasteiger partial charge in [0.15, 0.2) is 23.2 Å². The van der Waals surface area contributed by atoms with Crippen LogP contribution in [0.5, 0.6) is 0 Å². The van der Waals surface area contributed by atoms with Gasteiger partial charge in [-0.1, -0.05) is 0 Å². The van der Waals surface area contributed by atoms with Gasteiger partial charge in [-0.05, 0) is 39.8 Å². The molecule has 1 aromatic carbocycles. The number of Topliss-reactive ketones (excluding diaryl/α,β-unsaturated/α-hetero) is 1. The molecule has 0 aromatic heterocycles. The van der Waals surface area contributed by atoms with Crippen LogP contribution in [-0.4, -0.2) is 17.4 Å². The summed E-state index contributed by atoms with van der Waals surface area (Å²) in [5, 5.41) is 0. The van der Waals surface area contributed by atoms with Crippen molar-refractivity contribution in [3.8, 4) is 0 Å². The minimum atomic E-state index is -1.74. The highest BCUT2D eigenvalue weighted by molar-refractivity contribution is 6.08. The van der Waals surface area contributed by atoms with E-state index in [1.54, 1.807) is 20.8 Å². The molecule has 6 heteroatoms. The van der Waals surface area contributed by atoms with Crippen molar-refractivity contribution in [1.82, 2.24) is 0 Å². The number of carbonyl (C=O) groups excluding carboxylic acids is 2. The van der Waals surface area contributed by atoms with E-state index in [-0.39, 0.29) is 0 Å². The van der Waals surface area contributed by atoms with Crippen LogP contribution < -0.4 is 0 Å². The van der Waals surface area contributed by atoms with E-state index < -0.39 is 46.3 Å². The van der Waals surface area contributed by atoms with Crippen molar-refractivity contribution in [1.29, 1.82) is 0 Å². The number of hydrogen-bond donors (Lipinski definition) is 0. The van der Waals surface area contributed by atoms with Gasteiger partial charge in [0.1, 0.15) is 11.5 Å². The molecule has 0 fully saturated rings. The standard InChI is InChI=1S/C14H15F3O3/c1-7(13(19)20-14(2,3)4)12(18)8-5-6-9(15)11(17)10(8)16/h5-7H,1-4H3. The molecule has 0 saturated carbocycles. The number of rotatable bonds is 3. The maximum atomic E-state index is 13.5. The first kappa shape index (κ1) is 16.2. The molecule has 1 unspecified atom stereocenters. The average Bonchev–Trinajstić information content (AvgIpc) is 2.32. The predicted octanol–water partition coefficient (Wildman–Crippen LogP) is 3.26. The molecule has 1 aromatic rings. The van der Waals surface area contributed by atoms with E-state index in [9.17, 15) is 22.8 Å². The van der Waals surface area contributed by atoms with Crippen molar-refractivity contribution >= 4 is 11.8 Å². The Hall–Kier alpha value is -1.85. The fraction of sp³-hybridized carbons (Fsp3) is 0.429. The first-order chi connectivity index (χ1) is 9.04. The van der Waals surface area contributed by atoms with Crippen molar-refractivity contribution in [3.05, 3.63) is 35.1 Å². The molecule has 0 N–H and O–H groups in total. The van der Waals surface area contributed by atoms with Gasteiger partial charge in [-0.2, -0.15) is 0 Å². The summed E-state index contributed by atoms with van der Waals surface area (Å²) in [4.78, 5) is 23.6. The van der Waals surface area contributed by atoms with Crippen LogP contribution in [0.3, 0.4) is 0 Å². The van der Waals surface area contributed by atoms with E-state index in [2.05, 4.69) is 0 Å². The van der Waals surface area contributed by atoms with Crippen LogP contribution in [0, 0.1) is 23.4 Å². The SMILES string of the molecule is CC(C(=O)OC(C)(C)C)C(=O)c1ccc(F)c(F)c1F. The van der Waals surface area contributed by atoms with Crippen LogP contribution in [0.15, 0.2) is 12.1 Å². The topological polar surface area (TPSA) is 43.4 Å². The number of esters is 1. The molecule has 0 spiro atoms. The van der Waals surface area contributed by atoms with Crippen molar-refractivity contribution < 1.29 is 27.5 Å². The van der Waals surface area contributed by atoms with Gasteiger partial charge >= 0.3 is 5.97 Å². The average molecular weight is 288 g/mol. The molecule has 0 radical (unpaired) electrons. The van der Waals surface area contributed by atoms with E-state index in [4.69, 9.17) is 4.74 Å². The lowest BCUT2D eigenvalue weighted by molar-refractivity contribution is -0.157. The van der Waals surface area contributed by atoms with E-state index in [0.29, 0.717) is 6.07 Å². The third kappa shape index (κ3) is 3.59. The lowest BCUT2D eigenvalue weighted by atomic mass is 9.98. The molecule has 1 rings (SSSR count). The molecule has 3 nitrogen and oxygen atoms in total. The Morgan fingerprint density at radius 2 is 1.65 bits per heavy atom. The van der Waals surface area contributed by atoms with Crippen molar-refractivity contribution in [3.63, 3.8) is 0 Å². The summed E-state index contributed by atoms with van der Waals surface area (Å²) in [6.45, 7) is 6.05. The van der Waals surface area contributed by atoms with E-state index >= 15 is 0 Å². The fourth-order valence-corrected chi connectivity index (χ4v) is 1.45. The van der Waals surface area contributed by atoms with Gasteiger partial charge in [0.25, 0.3) is 0 Å². The number of halogens is 3. The van der Waals surface area contributed by atoms with Crippen LogP contribution in [-0.2, 0) is 9.53 Å². The van der Waals surface area contributed by atoms with Crippen LogP contribution >= 0.6 is 0 Å². The summed E-state index contributed by atoms with van der Waals surface area (Å²) >= 11 is 0. The zero-order chi connectivity index (χ0) is 15.7. The number of ether oxygens (including phenoxy) is 1. The highest BCUT2D eigenvalue weighted by atomic mass is 19.2. The molecule has 0 aliphatic carbocycles. The van der Waals surface area contributed by atoms with Crippen molar-refractivity contribution in [2.75, 3.05) is 0 Å². The van der Waals surface area contributed by atoms with Gasteiger partial charge in [0.05, 0.1) is 5.56 Å². The molecule has 0 aliphatic heterocycles. The highest BCUT2D eigenvalue weighted by Gasteiger charge is 2.30. The second kappa shape index (κ2) is 5.64. The summed E-state index contributed by atoms with van der Waals surface area (Å²) < 4.78 is 44.3. The summed E-state index contributed by atoms with van der Waals surface area (Å²) in [6, 6.07) is 1.43. The highest BCUT2D eigenvalue weighted by Crippen LogP contribution is 2.20. The van der Waals surface area contributed by atoms with Crippen molar-refractivity contribution in [2.45, 2.75) is 33.3 Å². The normalized spacial score (nSPS) is 12.9. The molecule has 0 bridgehead atoms. The van der Waals surface area contributed by atoms with Crippen LogP contribution in [0.2, 0.25) is 0 Å². The smallest absolute Gasteiger partial charge is 0.317 e. The molecule has 1 atom stereocenters.